The lowest BCUT2D eigenvalue weighted by molar-refractivity contribution is 0.577. The summed E-state index contributed by atoms with van der Waals surface area (Å²) in [6.07, 6.45) is 2.26. The van der Waals surface area contributed by atoms with Gasteiger partial charge in [-0.2, -0.15) is 0 Å². The third kappa shape index (κ3) is 3.71. The topological polar surface area (TPSA) is 46.2 Å². The van der Waals surface area contributed by atoms with Crippen LogP contribution in [0.2, 0.25) is 0 Å². The van der Waals surface area contributed by atoms with Gasteiger partial charge in [-0.05, 0) is 42.3 Å². The van der Waals surface area contributed by atoms with Crippen LogP contribution in [0.3, 0.4) is 0 Å². The maximum Gasteiger partial charge on any atom is 0.175 e. The van der Waals surface area contributed by atoms with Gasteiger partial charge in [0.1, 0.15) is 0 Å². The second kappa shape index (κ2) is 6.41. The third-order valence-corrected chi connectivity index (χ3v) is 4.81. The first kappa shape index (κ1) is 15.7. The van der Waals surface area contributed by atoms with Crippen molar-refractivity contribution in [3.8, 4) is 11.1 Å². The fourth-order valence-corrected chi connectivity index (χ4v) is 3.04. The van der Waals surface area contributed by atoms with Crippen LogP contribution in [0.1, 0.15) is 24.9 Å². The first-order chi connectivity index (χ1) is 9.95. The number of sulfone groups is 1. The van der Waals surface area contributed by atoms with Crippen LogP contribution in [0.5, 0.6) is 0 Å². The van der Waals surface area contributed by atoms with Crippen molar-refractivity contribution in [1.29, 1.82) is 0 Å². The van der Waals surface area contributed by atoms with Gasteiger partial charge in [0, 0.05) is 12.3 Å². The van der Waals surface area contributed by atoms with Gasteiger partial charge < -0.3 is 5.32 Å². The van der Waals surface area contributed by atoms with E-state index in [9.17, 15) is 8.42 Å². The van der Waals surface area contributed by atoms with Gasteiger partial charge in [0.25, 0.3) is 0 Å². The molecule has 1 N–H and O–H groups in total. The molecule has 0 heterocycles. The molecular weight excluding hydrogens is 282 g/mol. The fraction of sp³-hybridized carbons (Fsp3) is 0.294. The SMILES string of the molecule is CC[C@@H](NC)c1ccc(-c2ccc(S(C)(=O)=O)cc2)cc1. The van der Waals surface area contributed by atoms with Gasteiger partial charge in [-0.3, -0.25) is 0 Å². The lowest BCUT2D eigenvalue weighted by atomic mass is 10.00. The van der Waals surface area contributed by atoms with Crippen LogP contribution < -0.4 is 5.32 Å². The minimum absolute atomic E-state index is 0.351. The van der Waals surface area contributed by atoms with E-state index in [1.807, 2.05) is 19.2 Å². The molecule has 0 aliphatic heterocycles. The molecule has 0 radical (unpaired) electrons. The third-order valence-electron chi connectivity index (χ3n) is 3.69. The molecule has 0 saturated heterocycles. The number of nitrogens with one attached hydrogen (secondary N) is 1. The van der Waals surface area contributed by atoms with Crippen molar-refractivity contribution in [2.24, 2.45) is 0 Å². The summed E-state index contributed by atoms with van der Waals surface area (Å²) in [4.78, 5) is 0.351. The Labute approximate surface area is 126 Å². The van der Waals surface area contributed by atoms with Crippen LogP contribution in [0, 0.1) is 0 Å². The van der Waals surface area contributed by atoms with E-state index in [0.29, 0.717) is 10.9 Å². The summed E-state index contributed by atoms with van der Waals surface area (Å²) in [5.41, 5.74) is 3.37. The van der Waals surface area contributed by atoms with E-state index in [2.05, 4.69) is 36.5 Å². The normalized spacial score (nSPS) is 13.1. The first-order valence-corrected chi connectivity index (χ1v) is 8.92. The summed E-state index contributed by atoms with van der Waals surface area (Å²) in [6.45, 7) is 2.15. The second-order valence-corrected chi connectivity index (χ2v) is 7.18. The van der Waals surface area contributed by atoms with E-state index in [4.69, 9.17) is 0 Å². The van der Waals surface area contributed by atoms with Crippen LogP contribution in [-0.2, 0) is 9.84 Å². The van der Waals surface area contributed by atoms with Crippen molar-refractivity contribution in [2.45, 2.75) is 24.3 Å². The molecule has 112 valence electrons. The van der Waals surface area contributed by atoms with Crippen molar-refractivity contribution >= 4 is 9.84 Å². The molecule has 4 heteroatoms. The van der Waals surface area contributed by atoms with E-state index >= 15 is 0 Å². The highest BCUT2D eigenvalue weighted by atomic mass is 32.2. The zero-order valence-electron chi connectivity index (χ0n) is 12.6. The molecule has 3 nitrogen and oxygen atoms in total. The first-order valence-electron chi connectivity index (χ1n) is 7.03. The Hall–Kier alpha value is -1.65. The van der Waals surface area contributed by atoms with Gasteiger partial charge >= 0.3 is 0 Å². The number of hydrogen-bond donors (Lipinski definition) is 1. The predicted octanol–water partition coefficient (Wildman–Crippen LogP) is 3.43. The van der Waals surface area contributed by atoms with Crippen molar-refractivity contribution in [1.82, 2.24) is 5.32 Å². The molecule has 0 fully saturated rings. The molecule has 2 rings (SSSR count). The molecule has 0 aliphatic carbocycles. The Bertz CT molecular complexity index is 685. The molecule has 0 aromatic heterocycles. The highest BCUT2D eigenvalue weighted by molar-refractivity contribution is 7.90. The molecule has 2 aromatic rings. The molecule has 21 heavy (non-hydrogen) atoms. The average Bonchev–Trinajstić information content (AvgIpc) is 2.48. The van der Waals surface area contributed by atoms with Crippen molar-refractivity contribution in [3.05, 3.63) is 54.1 Å². The summed E-state index contributed by atoms with van der Waals surface area (Å²) in [5, 5.41) is 3.28. The molecule has 2 aromatic carbocycles. The van der Waals surface area contributed by atoms with E-state index in [-0.39, 0.29) is 0 Å². The maximum atomic E-state index is 11.5. The number of hydrogen-bond acceptors (Lipinski definition) is 3. The Morgan fingerprint density at radius 3 is 1.81 bits per heavy atom. The minimum atomic E-state index is -3.13. The lowest BCUT2D eigenvalue weighted by Crippen LogP contribution is -2.14. The molecule has 0 unspecified atom stereocenters. The molecule has 1 atom stereocenters. The number of benzene rings is 2. The Morgan fingerprint density at radius 2 is 1.43 bits per heavy atom. The van der Waals surface area contributed by atoms with Crippen molar-refractivity contribution in [3.63, 3.8) is 0 Å². The van der Waals surface area contributed by atoms with E-state index in [1.165, 1.54) is 11.8 Å². The molecule has 0 bridgehead atoms. The highest BCUT2D eigenvalue weighted by Crippen LogP contribution is 2.24. The second-order valence-electron chi connectivity index (χ2n) is 5.17. The summed E-state index contributed by atoms with van der Waals surface area (Å²) < 4.78 is 22.9. The average molecular weight is 303 g/mol. The Balaban J connectivity index is 2.27. The van der Waals surface area contributed by atoms with Crippen molar-refractivity contribution < 1.29 is 8.42 Å². The van der Waals surface area contributed by atoms with Crippen LogP contribution in [0.4, 0.5) is 0 Å². The Morgan fingerprint density at radius 1 is 0.952 bits per heavy atom. The van der Waals surface area contributed by atoms with Crippen LogP contribution >= 0.6 is 0 Å². The summed E-state index contributed by atoms with van der Waals surface area (Å²) in [6, 6.07) is 15.8. The van der Waals surface area contributed by atoms with Gasteiger partial charge in [-0.25, -0.2) is 8.42 Å². The predicted molar refractivity (Wildman–Crippen MR) is 87.1 cm³/mol. The summed E-state index contributed by atoms with van der Waals surface area (Å²) >= 11 is 0. The van der Waals surface area contributed by atoms with Gasteiger partial charge in [-0.15, -0.1) is 0 Å². The molecular formula is C17H21NO2S. The highest BCUT2D eigenvalue weighted by Gasteiger charge is 2.08. The largest absolute Gasteiger partial charge is 0.313 e. The van der Waals surface area contributed by atoms with E-state index in [1.54, 1.807) is 12.1 Å². The van der Waals surface area contributed by atoms with Gasteiger partial charge in [0.05, 0.1) is 4.90 Å². The van der Waals surface area contributed by atoms with Crippen molar-refractivity contribution in [2.75, 3.05) is 13.3 Å². The molecule has 0 saturated carbocycles. The zero-order chi connectivity index (χ0) is 15.5. The zero-order valence-corrected chi connectivity index (χ0v) is 13.4. The smallest absolute Gasteiger partial charge is 0.175 e. The van der Waals surface area contributed by atoms with Crippen LogP contribution in [-0.4, -0.2) is 21.7 Å². The van der Waals surface area contributed by atoms with Gasteiger partial charge in [0.15, 0.2) is 9.84 Å². The van der Waals surface area contributed by atoms with Crippen LogP contribution in [0.15, 0.2) is 53.4 Å². The van der Waals surface area contributed by atoms with Gasteiger partial charge in [0.2, 0.25) is 0 Å². The van der Waals surface area contributed by atoms with E-state index < -0.39 is 9.84 Å². The van der Waals surface area contributed by atoms with Crippen LogP contribution in [0.25, 0.3) is 11.1 Å². The van der Waals surface area contributed by atoms with E-state index in [0.717, 1.165) is 17.5 Å². The summed E-state index contributed by atoms with van der Waals surface area (Å²) in [5.74, 6) is 0. The summed E-state index contributed by atoms with van der Waals surface area (Å²) in [7, 11) is -1.17. The Kier molecular flexibility index (Phi) is 4.80. The van der Waals surface area contributed by atoms with Gasteiger partial charge in [-0.1, -0.05) is 43.3 Å². The lowest BCUT2D eigenvalue weighted by Gasteiger charge is -2.14. The molecule has 0 spiro atoms. The molecule has 0 amide bonds. The quantitative estimate of drug-likeness (QED) is 0.920. The number of rotatable bonds is 5. The minimum Gasteiger partial charge on any atom is -0.313 e. The maximum absolute atomic E-state index is 11.5. The molecule has 0 aliphatic rings. The monoisotopic (exact) mass is 303 g/mol. The fourth-order valence-electron chi connectivity index (χ4n) is 2.41. The standard InChI is InChI=1S/C17H21NO2S/c1-4-17(18-2)15-7-5-13(6-8-15)14-9-11-16(12-10-14)21(3,19)20/h5-12,17-18H,4H2,1-3H3/t17-/m1/s1.